The number of anilines is 1. The maximum absolute atomic E-state index is 3.80. The number of rotatable bonds is 5. The second-order valence-corrected chi connectivity index (χ2v) is 7.63. The van der Waals surface area contributed by atoms with Crippen LogP contribution in [0.15, 0.2) is 24.3 Å². The van der Waals surface area contributed by atoms with E-state index in [9.17, 15) is 0 Å². The molecule has 1 atom stereocenters. The smallest absolute Gasteiger partial charge is 0.0399 e. The second-order valence-electron chi connectivity index (χ2n) is 7.63. The Hall–Kier alpha value is -1.02. The number of para-hydroxylation sites is 1. The summed E-state index contributed by atoms with van der Waals surface area (Å²) in [5, 5.41) is 3.80. The molecular weight excluding hydrogens is 256 g/mol. The van der Waals surface area contributed by atoms with Crippen LogP contribution in [0.5, 0.6) is 0 Å². The minimum atomic E-state index is 0.545. The van der Waals surface area contributed by atoms with E-state index in [1.165, 1.54) is 69.4 Å². The van der Waals surface area contributed by atoms with Crippen molar-refractivity contribution in [2.75, 3.05) is 24.5 Å². The van der Waals surface area contributed by atoms with Crippen molar-refractivity contribution in [1.29, 1.82) is 0 Å². The molecule has 2 nitrogen and oxygen atoms in total. The van der Waals surface area contributed by atoms with Gasteiger partial charge < -0.3 is 10.2 Å². The molecule has 1 heterocycles. The fraction of sp³-hybridized carbons (Fsp3) is 0.684. The Balaban J connectivity index is 1.39. The van der Waals surface area contributed by atoms with Gasteiger partial charge in [0.1, 0.15) is 0 Å². The molecule has 2 aliphatic rings. The highest BCUT2D eigenvalue weighted by molar-refractivity contribution is 5.57. The van der Waals surface area contributed by atoms with E-state index in [0.29, 0.717) is 5.41 Å². The molecule has 1 aliphatic heterocycles. The molecule has 1 aromatic carbocycles. The average Bonchev–Trinajstić information content (AvgIpc) is 2.86. The lowest BCUT2D eigenvalue weighted by atomic mass is 9.75. The van der Waals surface area contributed by atoms with Crippen molar-refractivity contribution in [3.63, 3.8) is 0 Å². The van der Waals surface area contributed by atoms with E-state index in [0.717, 1.165) is 6.04 Å². The summed E-state index contributed by atoms with van der Waals surface area (Å²) >= 11 is 0. The van der Waals surface area contributed by atoms with Gasteiger partial charge in [-0.1, -0.05) is 38.5 Å². The molecule has 21 heavy (non-hydrogen) atoms. The van der Waals surface area contributed by atoms with Crippen LogP contribution in [-0.2, 0) is 6.42 Å². The van der Waals surface area contributed by atoms with Crippen LogP contribution in [0.4, 0.5) is 5.69 Å². The predicted octanol–water partition coefficient (Wildman–Crippen LogP) is 4.00. The van der Waals surface area contributed by atoms with Crippen molar-refractivity contribution < 1.29 is 0 Å². The van der Waals surface area contributed by atoms with Crippen molar-refractivity contribution in [2.24, 2.45) is 5.41 Å². The monoisotopic (exact) mass is 286 g/mol. The highest BCUT2D eigenvalue weighted by Crippen LogP contribution is 2.35. The van der Waals surface area contributed by atoms with Gasteiger partial charge in [0, 0.05) is 24.8 Å². The van der Waals surface area contributed by atoms with Gasteiger partial charge in [0.15, 0.2) is 0 Å². The Bertz CT molecular complexity index is 466. The first kappa shape index (κ1) is 14.9. The lowest BCUT2D eigenvalue weighted by Crippen LogP contribution is -2.38. The molecule has 0 bridgehead atoms. The van der Waals surface area contributed by atoms with Crippen LogP contribution in [0, 0.1) is 5.41 Å². The number of hydrogen-bond donors (Lipinski definition) is 1. The van der Waals surface area contributed by atoms with Gasteiger partial charge in [0.05, 0.1) is 0 Å². The summed E-state index contributed by atoms with van der Waals surface area (Å²) in [4.78, 5) is 2.56. The topological polar surface area (TPSA) is 15.3 Å². The van der Waals surface area contributed by atoms with E-state index in [4.69, 9.17) is 0 Å². The molecule has 0 aromatic heterocycles. The van der Waals surface area contributed by atoms with Gasteiger partial charge in [-0.25, -0.2) is 0 Å². The molecule has 0 saturated heterocycles. The summed E-state index contributed by atoms with van der Waals surface area (Å²) in [6.45, 7) is 8.40. The summed E-state index contributed by atoms with van der Waals surface area (Å²) in [5.74, 6) is 0. The quantitative estimate of drug-likeness (QED) is 0.823. The van der Waals surface area contributed by atoms with Crippen LogP contribution in [-0.4, -0.2) is 25.7 Å². The highest BCUT2D eigenvalue weighted by atomic mass is 15.1. The van der Waals surface area contributed by atoms with Crippen molar-refractivity contribution in [3.8, 4) is 0 Å². The third-order valence-electron chi connectivity index (χ3n) is 5.23. The number of fused-ring (bicyclic) bond motifs is 1. The van der Waals surface area contributed by atoms with Gasteiger partial charge in [0.2, 0.25) is 0 Å². The average molecular weight is 286 g/mol. The number of nitrogens with zero attached hydrogens (tertiary/aromatic N) is 1. The van der Waals surface area contributed by atoms with E-state index in [2.05, 4.69) is 48.3 Å². The summed E-state index contributed by atoms with van der Waals surface area (Å²) in [5.41, 5.74) is 3.54. The number of nitrogens with one attached hydrogen (secondary N) is 1. The van der Waals surface area contributed by atoms with Gasteiger partial charge in [-0.05, 0) is 55.7 Å². The lowest BCUT2D eigenvalue weighted by Gasteiger charge is -2.35. The summed E-state index contributed by atoms with van der Waals surface area (Å²) in [6, 6.07) is 9.63. The highest BCUT2D eigenvalue weighted by Gasteiger charge is 2.27. The van der Waals surface area contributed by atoms with Gasteiger partial charge in [-0.3, -0.25) is 0 Å². The normalized spacial score (nSPS) is 24.1. The van der Waals surface area contributed by atoms with Crippen LogP contribution in [0.2, 0.25) is 0 Å². The zero-order valence-corrected chi connectivity index (χ0v) is 13.7. The predicted molar refractivity (Wildman–Crippen MR) is 91.0 cm³/mol. The zero-order chi connectivity index (χ0) is 14.7. The van der Waals surface area contributed by atoms with Crippen molar-refractivity contribution in [1.82, 2.24) is 5.32 Å². The molecule has 116 valence electrons. The summed E-state index contributed by atoms with van der Waals surface area (Å²) in [6.07, 6.45) is 7.99. The Morgan fingerprint density at radius 2 is 2.14 bits per heavy atom. The van der Waals surface area contributed by atoms with Gasteiger partial charge >= 0.3 is 0 Å². The van der Waals surface area contributed by atoms with Gasteiger partial charge in [0.25, 0.3) is 0 Å². The standard InChI is InChI=1S/C19H30N2/c1-19(2)11-5-8-17(15-19)20-12-6-13-21-14-10-16-7-3-4-9-18(16)21/h3-4,7,9,17,20H,5-6,8,10-15H2,1-2H3. The Labute approximate surface area is 129 Å². The Morgan fingerprint density at radius 3 is 3.00 bits per heavy atom. The van der Waals surface area contributed by atoms with Gasteiger partial charge in [-0.2, -0.15) is 0 Å². The maximum Gasteiger partial charge on any atom is 0.0399 e. The Kier molecular flexibility index (Phi) is 4.54. The van der Waals surface area contributed by atoms with Crippen molar-refractivity contribution >= 4 is 5.69 Å². The minimum Gasteiger partial charge on any atom is -0.371 e. The number of hydrogen-bond acceptors (Lipinski definition) is 2. The molecule has 0 spiro atoms. The molecule has 1 fully saturated rings. The first-order valence-corrected chi connectivity index (χ1v) is 8.70. The van der Waals surface area contributed by atoms with Crippen LogP contribution >= 0.6 is 0 Å². The zero-order valence-electron chi connectivity index (χ0n) is 13.7. The molecule has 1 unspecified atom stereocenters. The first-order valence-electron chi connectivity index (χ1n) is 8.70. The summed E-state index contributed by atoms with van der Waals surface area (Å²) in [7, 11) is 0. The lowest BCUT2D eigenvalue weighted by molar-refractivity contribution is 0.198. The molecule has 1 aromatic rings. The maximum atomic E-state index is 3.80. The van der Waals surface area contributed by atoms with E-state index in [-0.39, 0.29) is 0 Å². The third-order valence-corrected chi connectivity index (χ3v) is 5.23. The molecule has 1 N–H and O–H groups in total. The largest absolute Gasteiger partial charge is 0.371 e. The Morgan fingerprint density at radius 1 is 1.29 bits per heavy atom. The molecule has 0 radical (unpaired) electrons. The van der Waals surface area contributed by atoms with Crippen molar-refractivity contribution in [2.45, 2.75) is 58.4 Å². The third kappa shape index (κ3) is 3.79. The van der Waals surface area contributed by atoms with E-state index in [1.54, 1.807) is 0 Å². The molecule has 2 heteroatoms. The van der Waals surface area contributed by atoms with Crippen LogP contribution in [0.25, 0.3) is 0 Å². The first-order chi connectivity index (χ1) is 10.1. The van der Waals surface area contributed by atoms with E-state index < -0.39 is 0 Å². The van der Waals surface area contributed by atoms with Crippen LogP contribution < -0.4 is 10.2 Å². The van der Waals surface area contributed by atoms with E-state index >= 15 is 0 Å². The van der Waals surface area contributed by atoms with Gasteiger partial charge in [-0.15, -0.1) is 0 Å². The molecule has 1 saturated carbocycles. The van der Waals surface area contributed by atoms with E-state index in [1.807, 2.05) is 0 Å². The molecule has 3 rings (SSSR count). The number of benzene rings is 1. The molecule has 0 amide bonds. The second kappa shape index (κ2) is 6.39. The minimum absolute atomic E-state index is 0.545. The molecular formula is C19H30N2. The fourth-order valence-corrected chi connectivity index (χ4v) is 4.09. The SMILES string of the molecule is CC1(C)CCCC(NCCCN2CCc3ccccc32)C1. The summed E-state index contributed by atoms with van der Waals surface area (Å²) < 4.78 is 0. The van der Waals surface area contributed by atoms with Crippen LogP contribution in [0.1, 0.15) is 51.5 Å². The molecule has 1 aliphatic carbocycles. The fourth-order valence-electron chi connectivity index (χ4n) is 4.09. The van der Waals surface area contributed by atoms with Crippen molar-refractivity contribution in [3.05, 3.63) is 29.8 Å². The van der Waals surface area contributed by atoms with Crippen LogP contribution in [0.3, 0.4) is 0 Å².